The minimum absolute atomic E-state index is 0.0494. The van der Waals surface area contributed by atoms with Crippen LogP contribution in [0.25, 0.3) is 0 Å². The number of imide groups is 2. The molecule has 2 fully saturated rings. The summed E-state index contributed by atoms with van der Waals surface area (Å²) in [6.45, 7) is 0.986. The maximum Gasteiger partial charge on any atom is 0.251 e. The van der Waals surface area contributed by atoms with Crippen LogP contribution in [0.4, 0.5) is 11.4 Å². The van der Waals surface area contributed by atoms with Gasteiger partial charge in [-0.25, -0.2) is 9.80 Å². The number of nitrogens with zero attached hydrogens (tertiary/aromatic N) is 2. The highest BCUT2D eigenvalue weighted by Crippen LogP contribution is 2.29. The van der Waals surface area contributed by atoms with Gasteiger partial charge in [0.1, 0.15) is 0 Å². The van der Waals surface area contributed by atoms with E-state index >= 15 is 0 Å². The van der Waals surface area contributed by atoms with Gasteiger partial charge in [0.25, 0.3) is 11.8 Å². The van der Waals surface area contributed by atoms with Gasteiger partial charge in [0.05, 0.1) is 36.3 Å². The van der Waals surface area contributed by atoms with Gasteiger partial charge in [-0.15, -0.1) is 0 Å². The van der Waals surface area contributed by atoms with Crippen LogP contribution in [0.2, 0.25) is 10.0 Å². The summed E-state index contributed by atoms with van der Waals surface area (Å²) in [5.41, 5.74) is 2.71. The molecular weight excluding hydrogens is 551 g/mol. The fourth-order valence-electron chi connectivity index (χ4n) is 5.04. The van der Waals surface area contributed by atoms with Crippen molar-refractivity contribution in [2.45, 2.75) is 37.8 Å². The van der Waals surface area contributed by atoms with Crippen molar-refractivity contribution in [2.75, 3.05) is 22.9 Å². The summed E-state index contributed by atoms with van der Waals surface area (Å²) < 4.78 is 0. The van der Waals surface area contributed by atoms with Gasteiger partial charge >= 0.3 is 0 Å². The van der Waals surface area contributed by atoms with Gasteiger partial charge in [-0.05, 0) is 73.5 Å². The maximum absolute atomic E-state index is 13.0. The third kappa shape index (κ3) is 5.95. The average Bonchev–Trinajstić information content (AvgIpc) is 3.39. The van der Waals surface area contributed by atoms with Crippen molar-refractivity contribution in [1.82, 2.24) is 10.6 Å². The predicted octanol–water partition coefficient (Wildman–Crippen LogP) is 3.92. The molecule has 0 unspecified atom stereocenters. The number of hydrogen-bond donors (Lipinski definition) is 2. The Labute approximate surface area is 242 Å². The standard InChI is InChI=1S/C30H28Cl2N4O4/c31-23-7-3-1-5-19(23)13-15-33-25-17-27(37)35(29(25)39)21-9-11-22(12-10-21)36-28(38)18-26(30(36)40)34-16-14-20-6-2-4-8-24(20)32/h1-12,25-26,33-34H,13-18H2/t25-,26-/m1/s1. The summed E-state index contributed by atoms with van der Waals surface area (Å²) in [6, 6.07) is 20.1. The van der Waals surface area contributed by atoms with Gasteiger partial charge in [0.15, 0.2) is 0 Å². The molecule has 2 saturated heterocycles. The third-order valence-corrected chi connectivity index (χ3v) is 7.88. The molecule has 8 nitrogen and oxygen atoms in total. The minimum atomic E-state index is -0.631. The van der Waals surface area contributed by atoms with E-state index < -0.39 is 12.1 Å². The quantitative estimate of drug-likeness (QED) is 0.354. The molecule has 2 aliphatic rings. The highest BCUT2D eigenvalue weighted by Gasteiger charge is 2.41. The van der Waals surface area contributed by atoms with Crippen LogP contribution < -0.4 is 20.4 Å². The van der Waals surface area contributed by atoms with E-state index in [4.69, 9.17) is 23.2 Å². The Kier molecular flexibility index (Phi) is 8.61. The van der Waals surface area contributed by atoms with Crippen molar-refractivity contribution in [3.63, 3.8) is 0 Å². The molecule has 5 rings (SSSR count). The fourth-order valence-corrected chi connectivity index (χ4v) is 5.50. The number of carbonyl (C=O) groups excluding carboxylic acids is 4. The van der Waals surface area contributed by atoms with Crippen LogP contribution in [0, 0.1) is 0 Å². The number of nitrogens with one attached hydrogen (secondary N) is 2. The predicted molar refractivity (Wildman–Crippen MR) is 155 cm³/mol. The van der Waals surface area contributed by atoms with E-state index in [0.29, 0.717) is 47.4 Å². The van der Waals surface area contributed by atoms with Crippen molar-refractivity contribution in [3.05, 3.63) is 94.0 Å². The summed E-state index contributed by atoms with van der Waals surface area (Å²) in [7, 11) is 0. The summed E-state index contributed by atoms with van der Waals surface area (Å²) in [6.07, 6.45) is 1.35. The Bertz CT molecular complexity index is 1340. The van der Waals surface area contributed by atoms with Crippen molar-refractivity contribution >= 4 is 58.2 Å². The SMILES string of the molecule is O=C1C[C@@H](NCCc2ccccc2Cl)C(=O)N1c1ccc(N2C(=O)C[C@@H](NCCc3ccccc3Cl)C2=O)cc1. The van der Waals surface area contributed by atoms with E-state index in [1.807, 2.05) is 48.5 Å². The first-order valence-electron chi connectivity index (χ1n) is 13.1. The molecule has 0 bridgehead atoms. The van der Waals surface area contributed by atoms with Gasteiger partial charge in [-0.2, -0.15) is 0 Å². The zero-order valence-corrected chi connectivity index (χ0v) is 23.1. The third-order valence-electron chi connectivity index (χ3n) is 7.15. The molecule has 3 aromatic carbocycles. The van der Waals surface area contributed by atoms with E-state index in [9.17, 15) is 19.2 Å². The molecule has 0 saturated carbocycles. The van der Waals surface area contributed by atoms with Crippen LogP contribution >= 0.6 is 23.2 Å². The molecule has 2 atom stereocenters. The van der Waals surface area contributed by atoms with E-state index in [1.165, 1.54) is 0 Å². The van der Waals surface area contributed by atoms with E-state index in [-0.39, 0.29) is 36.5 Å². The molecule has 2 heterocycles. The first-order valence-corrected chi connectivity index (χ1v) is 13.9. The number of halogens is 2. The van der Waals surface area contributed by atoms with Crippen LogP contribution in [-0.4, -0.2) is 48.8 Å². The Morgan fingerprint density at radius 1 is 0.600 bits per heavy atom. The Balaban J connectivity index is 1.17. The first-order chi connectivity index (χ1) is 19.3. The zero-order valence-electron chi connectivity index (χ0n) is 21.6. The van der Waals surface area contributed by atoms with Crippen molar-refractivity contribution in [2.24, 2.45) is 0 Å². The van der Waals surface area contributed by atoms with E-state index in [0.717, 1.165) is 20.9 Å². The Morgan fingerprint density at radius 3 is 1.35 bits per heavy atom. The minimum Gasteiger partial charge on any atom is -0.305 e. The second-order valence-electron chi connectivity index (χ2n) is 9.76. The molecule has 10 heteroatoms. The molecule has 206 valence electrons. The molecule has 2 aliphatic heterocycles. The molecule has 4 amide bonds. The number of carbonyl (C=O) groups is 4. The van der Waals surface area contributed by atoms with Crippen molar-refractivity contribution in [3.8, 4) is 0 Å². The molecule has 0 aromatic heterocycles. The van der Waals surface area contributed by atoms with Gasteiger partial charge in [0, 0.05) is 10.0 Å². The molecule has 0 spiro atoms. The lowest BCUT2D eigenvalue weighted by Crippen LogP contribution is -2.40. The smallest absolute Gasteiger partial charge is 0.251 e. The van der Waals surface area contributed by atoms with E-state index in [2.05, 4.69) is 10.6 Å². The largest absolute Gasteiger partial charge is 0.305 e. The van der Waals surface area contributed by atoms with Gasteiger partial charge in [-0.3, -0.25) is 19.2 Å². The lowest BCUT2D eigenvalue weighted by atomic mass is 10.1. The molecule has 40 heavy (non-hydrogen) atoms. The summed E-state index contributed by atoms with van der Waals surface area (Å²) in [4.78, 5) is 53.7. The van der Waals surface area contributed by atoms with Crippen LogP contribution in [0.1, 0.15) is 24.0 Å². The molecule has 0 aliphatic carbocycles. The van der Waals surface area contributed by atoms with Crippen LogP contribution in [0.5, 0.6) is 0 Å². The van der Waals surface area contributed by atoms with Gasteiger partial charge in [0.2, 0.25) is 11.8 Å². The molecule has 2 N–H and O–H groups in total. The maximum atomic E-state index is 13.0. The lowest BCUT2D eigenvalue weighted by molar-refractivity contribution is -0.123. The summed E-state index contributed by atoms with van der Waals surface area (Å²) >= 11 is 12.4. The summed E-state index contributed by atoms with van der Waals surface area (Å²) in [5, 5.41) is 7.64. The Hall–Kier alpha value is -3.56. The van der Waals surface area contributed by atoms with Crippen molar-refractivity contribution in [1.29, 1.82) is 0 Å². The molecule has 3 aromatic rings. The number of anilines is 2. The Morgan fingerprint density at radius 2 is 0.975 bits per heavy atom. The van der Waals surface area contributed by atoms with Crippen LogP contribution in [0.3, 0.4) is 0 Å². The monoisotopic (exact) mass is 578 g/mol. The fraction of sp³-hybridized carbons (Fsp3) is 0.267. The second kappa shape index (κ2) is 12.3. The molecular formula is C30H28Cl2N4O4. The first kappa shape index (κ1) is 28.0. The zero-order chi connectivity index (χ0) is 28.2. The highest BCUT2D eigenvalue weighted by molar-refractivity contribution is 6.31. The van der Waals surface area contributed by atoms with Crippen molar-refractivity contribution < 1.29 is 19.2 Å². The molecule has 0 radical (unpaired) electrons. The van der Waals surface area contributed by atoms with Crippen LogP contribution in [0.15, 0.2) is 72.8 Å². The number of benzene rings is 3. The normalized spacial score (nSPS) is 19.2. The number of hydrogen-bond acceptors (Lipinski definition) is 6. The van der Waals surface area contributed by atoms with Gasteiger partial charge in [-0.1, -0.05) is 59.6 Å². The number of rotatable bonds is 10. The lowest BCUT2D eigenvalue weighted by Gasteiger charge is -2.19. The topological polar surface area (TPSA) is 98.8 Å². The average molecular weight is 579 g/mol. The second-order valence-corrected chi connectivity index (χ2v) is 10.6. The number of amides is 4. The van der Waals surface area contributed by atoms with Gasteiger partial charge < -0.3 is 10.6 Å². The van der Waals surface area contributed by atoms with Crippen LogP contribution in [-0.2, 0) is 32.0 Å². The van der Waals surface area contributed by atoms with E-state index in [1.54, 1.807) is 24.3 Å². The highest BCUT2D eigenvalue weighted by atomic mass is 35.5. The summed E-state index contributed by atoms with van der Waals surface area (Å²) in [5.74, 6) is -1.31.